The molecule has 0 amide bonds. The van der Waals surface area contributed by atoms with Crippen LogP contribution in [-0.2, 0) is 9.47 Å². The van der Waals surface area contributed by atoms with Crippen LogP contribution in [0.3, 0.4) is 0 Å². The average molecular weight is 318 g/mol. The zero-order valence-electron chi connectivity index (χ0n) is 8.11. The van der Waals surface area contributed by atoms with E-state index in [1.54, 1.807) is 0 Å². The van der Waals surface area contributed by atoms with Crippen LogP contribution in [0.15, 0.2) is 24.3 Å². The Morgan fingerprint density at radius 3 is 2.40 bits per heavy atom. The number of rotatable bonds is 2. The van der Waals surface area contributed by atoms with Crippen molar-refractivity contribution in [3.8, 4) is 0 Å². The number of carbonyl (C=O) groups excluding carboxylic acids is 1. The van der Waals surface area contributed by atoms with Crippen LogP contribution in [0.5, 0.6) is 0 Å². The Balaban J connectivity index is 2.09. The van der Waals surface area contributed by atoms with Gasteiger partial charge in [-0.2, -0.15) is 0 Å². The second-order valence-corrected chi connectivity index (χ2v) is 4.67. The molecule has 0 unspecified atom stereocenters. The molecule has 15 heavy (non-hydrogen) atoms. The predicted molar refractivity (Wildman–Crippen MR) is 63.8 cm³/mol. The van der Waals surface area contributed by atoms with Gasteiger partial charge in [0, 0.05) is 9.13 Å². The minimum atomic E-state index is -0.154. The summed E-state index contributed by atoms with van der Waals surface area (Å²) in [5.41, 5.74) is 0.731. The van der Waals surface area contributed by atoms with E-state index in [2.05, 4.69) is 22.6 Å². The molecule has 1 aromatic carbocycles. The van der Waals surface area contributed by atoms with Gasteiger partial charge in [-0.3, -0.25) is 4.79 Å². The van der Waals surface area contributed by atoms with Gasteiger partial charge in [-0.15, -0.1) is 0 Å². The minimum Gasteiger partial charge on any atom is -0.355 e. The molecular formula is C11H11IO3. The topological polar surface area (TPSA) is 35.5 Å². The van der Waals surface area contributed by atoms with Gasteiger partial charge < -0.3 is 9.47 Å². The highest BCUT2D eigenvalue weighted by molar-refractivity contribution is 14.1. The molecule has 0 saturated carbocycles. The summed E-state index contributed by atoms with van der Waals surface area (Å²) in [5.74, 6) is -0.0510. The Hall–Kier alpha value is -0.460. The zero-order valence-corrected chi connectivity index (χ0v) is 10.3. The minimum absolute atomic E-state index is 0.103. The molecule has 80 valence electrons. The van der Waals surface area contributed by atoms with E-state index in [0.29, 0.717) is 20.0 Å². The van der Waals surface area contributed by atoms with Gasteiger partial charge in [-0.25, -0.2) is 0 Å². The van der Waals surface area contributed by atoms with Crippen LogP contribution in [0, 0.1) is 9.49 Å². The van der Waals surface area contributed by atoms with Crippen LogP contribution in [0.4, 0.5) is 0 Å². The summed E-state index contributed by atoms with van der Waals surface area (Å²) >= 11 is 2.21. The zero-order chi connectivity index (χ0) is 10.7. The maximum atomic E-state index is 11.9. The first-order valence-corrected chi connectivity index (χ1v) is 5.80. The average Bonchev–Trinajstić information content (AvgIpc) is 2.30. The molecule has 1 aliphatic rings. The maximum absolute atomic E-state index is 11.9. The van der Waals surface area contributed by atoms with Crippen molar-refractivity contribution in [1.82, 2.24) is 0 Å². The van der Waals surface area contributed by atoms with Gasteiger partial charge in [-0.05, 0) is 34.7 Å². The fourth-order valence-corrected chi connectivity index (χ4v) is 1.85. The molecule has 0 N–H and O–H groups in total. The smallest absolute Gasteiger partial charge is 0.170 e. The molecule has 1 aliphatic heterocycles. The van der Waals surface area contributed by atoms with Crippen molar-refractivity contribution in [3.05, 3.63) is 33.4 Å². The highest BCUT2D eigenvalue weighted by atomic mass is 127. The lowest BCUT2D eigenvalue weighted by molar-refractivity contribution is -0.116. The Bertz CT molecular complexity index is 341. The van der Waals surface area contributed by atoms with Gasteiger partial charge in [0.25, 0.3) is 0 Å². The second-order valence-electron chi connectivity index (χ2n) is 3.43. The van der Waals surface area contributed by atoms with Crippen molar-refractivity contribution in [2.75, 3.05) is 20.0 Å². The van der Waals surface area contributed by atoms with Crippen molar-refractivity contribution < 1.29 is 14.3 Å². The molecule has 1 heterocycles. The molecule has 0 aromatic heterocycles. The normalized spacial score (nSPS) is 17.7. The maximum Gasteiger partial charge on any atom is 0.170 e. The molecule has 0 spiro atoms. The Morgan fingerprint density at radius 2 is 1.80 bits per heavy atom. The Kier molecular flexibility index (Phi) is 3.71. The first kappa shape index (κ1) is 11.0. The molecule has 0 atom stereocenters. The van der Waals surface area contributed by atoms with Crippen LogP contribution >= 0.6 is 22.6 Å². The van der Waals surface area contributed by atoms with Crippen LogP contribution in [0.2, 0.25) is 0 Å². The van der Waals surface area contributed by atoms with Crippen LogP contribution in [0.25, 0.3) is 0 Å². The van der Waals surface area contributed by atoms with Crippen LogP contribution in [0.1, 0.15) is 10.4 Å². The Labute approximate surface area is 102 Å². The van der Waals surface area contributed by atoms with Crippen molar-refractivity contribution >= 4 is 28.4 Å². The molecule has 0 bridgehead atoms. The SMILES string of the molecule is O=C(c1ccc(I)cc1)C1COCOC1. The van der Waals surface area contributed by atoms with E-state index in [9.17, 15) is 4.79 Å². The number of benzene rings is 1. The molecule has 2 rings (SSSR count). The molecule has 0 aliphatic carbocycles. The molecule has 1 aromatic rings. The summed E-state index contributed by atoms with van der Waals surface area (Å²) < 4.78 is 11.3. The third-order valence-electron chi connectivity index (χ3n) is 2.30. The van der Waals surface area contributed by atoms with Gasteiger partial charge >= 0.3 is 0 Å². The first-order valence-electron chi connectivity index (χ1n) is 4.72. The van der Waals surface area contributed by atoms with E-state index in [1.807, 2.05) is 24.3 Å². The lowest BCUT2D eigenvalue weighted by Gasteiger charge is -2.21. The number of Topliss-reactive ketones (excluding diaryl/α,β-unsaturated/α-hetero) is 1. The number of halogens is 1. The molecule has 0 radical (unpaired) electrons. The summed E-state index contributed by atoms with van der Waals surface area (Å²) in [6, 6.07) is 7.55. The first-order chi connectivity index (χ1) is 7.27. The number of hydrogen-bond acceptors (Lipinski definition) is 3. The molecule has 1 fully saturated rings. The Morgan fingerprint density at radius 1 is 1.20 bits per heavy atom. The number of ketones is 1. The lowest BCUT2D eigenvalue weighted by atomic mass is 9.99. The second kappa shape index (κ2) is 5.05. The van der Waals surface area contributed by atoms with E-state index in [1.165, 1.54) is 0 Å². The third-order valence-corrected chi connectivity index (χ3v) is 3.02. The monoisotopic (exact) mass is 318 g/mol. The van der Waals surface area contributed by atoms with E-state index in [0.717, 1.165) is 9.13 Å². The molecule has 4 heteroatoms. The molecule has 1 saturated heterocycles. The highest BCUT2D eigenvalue weighted by Gasteiger charge is 2.23. The summed E-state index contributed by atoms with van der Waals surface area (Å²) in [6.45, 7) is 1.23. The van der Waals surface area contributed by atoms with E-state index < -0.39 is 0 Å². The summed E-state index contributed by atoms with van der Waals surface area (Å²) in [4.78, 5) is 11.9. The highest BCUT2D eigenvalue weighted by Crippen LogP contribution is 2.15. The predicted octanol–water partition coefficient (Wildman–Crippen LogP) is 2.09. The van der Waals surface area contributed by atoms with Crippen molar-refractivity contribution in [3.63, 3.8) is 0 Å². The quantitative estimate of drug-likeness (QED) is 0.619. The van der Waals surface area contributed by atoms with Gasteiger partial charge in [-0.1, -0.05) is 12.1 Å². The molecule has 3 nitrogen and oxygen atoms in total. The third kappa shape index (κ3) is 2.76. The fourth-order valence-electron chi connectivity index (χ4n) is 1.49. The van der Waals surface area contributed by atoms with Gasteiger partial charge in [0.1, 0.15) is 6.79 Å². The summed E-state index contributed by atoms with van der Waals surface area (Å²) in [7, 11) is 0. The number of carbonyl (C=O) groups is 1. The standard InChI is InChI=1S/C11H11IO3/c12-10-3-1-8(2-4-10)11(13)9-5-14-7-15-6-9/h1-4,9H,5-7H2. The number of ether oxygens (including phenoxy) is 2. The van der Waals surface area contributed by atoms with E-state index in [4.69, 9.17) is 9.47 Å². The van der Waals surface area contributed by atoms with Gasteiger partial charge in [0.15, 0.2) is 5.78 Å². The lowest BCUT2D eigenvalue weighted by Crippen LogP contribution is -2.30. The number of hydrogen-bond donors (Lipinski definition) is 0. The fraction of sp³-hybridized carbons (Fsp3) is 0.364. The van der Waals surface area contributed by atoms with E-state index in [-0.39, 0.29) is 11.7 Å². The van der Waals surface area contributed by atoms with Crippen molar-refractivity contribution in [2.24, 2.45) is 5.92 Å². The molecular weight excluding hydrogens is 307 g/mol. The summed E-state index contributed by atoms with van der Waals surface area (Å²) in [5, 5.41) is 0. The summed E-state index contributed by atoms with van der Waals surface area (Å²) in [6.07, 6.45) is 0. The largest absolute Gasteiger partial charge is 0.355 e. The van der Waals surface area contributed by atoms with Gasteiger partial charge in [0.2, 0.25) is 0 Å². The van der Waals surface area contributed by atoms with Crippen molar-refractivity contribution in [1.29, 1.82) is 0 Å². The van der Waals surface area contributed by atoms with Crippen molar-refractivity contribution in [2.45, 2.75) is 0 Å². The van der Waals surface area contributed by atoms with Crippen LogP contribution in [-0.4, -0.2) is 25.8 Å². The van der Waals surface area contributed by atoms with Gasteiger partial charge in [0.05, 0.1) is 19.1 Å². The van der Waals surface area contributed by atoms with Crippen LogP contribution < -0.4 is 0 Å². The van der Waals surface area contributed by atoms with E-state index >= 15 is 0 Å².